The number of anilines is 1. The van der Waals surface area contributed by atoms with Gasteiger partial charge in [0.1, 0.15) is 48.8 Å². The maximum absolute atomic E-state index is 12.8. The normalized spacial score (nSPS) is 19.8. The Kier molecular flexibility index (Phi) is 27.1. The molecule has 0 aromatic carbocycles. The van der Waals surface area contributed by atoms with Crippen LogP contribution in [-0.2, 0) is 65.1 Å². The fourth-order valence-electron chi connectivity index (χ4n) is 6.71. The number of phosphoric acid groups is 3. The number of phosphoric ester groups is 3. The van der Waals surface area contributed by atoms with E-state index in [1.807, 2.05) is 0 Å². The van der Waals surface area contributed by atoms with Crippen LogP contribution in [0, 0.1) is 5.41 Å². The molecule has 36 heteroatoms. The van der Waals surface area contributed by atoms with Gasteiger partial charge in [0.15, 0.2) is 17.7 Å². The van der Waals surface area contributed by atoms with E-state index < -0.39 is 126 Å². The van der Waals surface area contributed by atoms with Crippen LogP contribution in [0.25, 0.3) is 11.2 Å². The predicted molar refractivity (Wildman–Crippen MR) is 268 cm³/mol. The fraction of sp³-hybridized carbons (Fsp3) is 0.718. The molecule has 1 aliphatic heterocycles. The molecule has 9 atom stereocenters. The van der Waals surface area contributed by atoms with Gasteiger partial charge in [-0.05, 0) is 18.6 Å². The minimum absolute atomic E-state index is 0.00185. The smallest absolute Gasteiger partial charge is 0.480 e. The number of aromatic nitrogens is 4. The highest BCUT2D eigenvalue weighted by molar-refractivity contribution is 8.13. The number of carbonyl (C=O) groups is 6. The van der Waals surface area contributed by atoms with E-state index in [4.69, 9.17) is 30.4 Å². The second-order valence-electron chi connectivity index (χ2n) is 17.5. The van der Waals surface area contributed by atoms with E-state index in [9.17, 15) is 72.2 Å². The van der Waals surface area contributed by atoms with E-state index in [0.717, 1.165) is 66.8 Å². The van der Waals surface area contributed by atoms with Crippen LogP contribution in [0.4, 0.5) is 5.82 Å². The van der Waals surface area contributed by atoms with Crippen LogP contribution in [0.2, 0.25) is 0 Å². The Hall–Kier alpha value is -3.72. The van der Waals surface area contributed by atoms with Crippen molar-refractivity contribution in [3.63, 3.8) is 0 Å². The van der Waals surface area contributed by atoms with Crippen molar-refractivity contribution in [2.45, 2.75) is 121 Å². The molecule has 1 saturated heterocycles. The Morgan fingerprint density at radius 1 is 0.893 bits per heavy atom. The Balaban J connectivity index is 1.37. The number of aliphatic hydroxyl groups is 2. The summed E-state index contributed by atoms with van der Waals surface area (Å²) in [5.74, 6) is -3.05. The number of hydrogen-bond donors (Lipinski definition) is 13. The molecule has 3 heterocycles. The number of nitrogen functional groups attached to an aromatic ring is 1. The number of nitrogens with two attached hydrogens (primary N) is 2. The molecule has 426 valence electrons. The van der Waals surface area contributed by atoms with Crippen LogP contribution in [-0.4, -0.2) is 176 Å². The molecular formula is C39H67N10O21P3S2. The first-order valence-electron chi connectivity index (χ1n) is 23.2. The second-order valence-corrected chi connectivity index (χ2v) is 23.9. The summed E-state index contributed by atoms with van der Waals surface area (Å²) < 4.78 is 62.4. The first-order valence-corrected chi connectivity index (χ1v) is 29.9. The predicted octanol–water partition coefficient (Wildman–Crippen LogP) is -0.448. The molecule has 9 unspecified atom stereocenters. The molecule has 0 spiro atoms. The Bertz CT molecular complexity index is 2390. The number of rotatable bonds is 36. The standard InChI is InChI=1S/C39H67N10O21P3S2/c1-4-5-6-7-8-9-15-74-19-24(35(56)44-17-28(52)53)48-27(51)11-10-23(40)38(58)75-16-14-42-26(50)12-13-43-36(57)32(55)39(2,3)20-67-73(64,65)70-72(62,63)66-18-25-31(69-71(59,60)61)30(54)37(68-25)49-22-47-29-33(41)45-21-46-34(29)49/h21-25,30-32,37,54-55H,4-20,40H2,1-3H3,(H,42,50)(H,43,57)(H,44,56)(H,48,51)(H,52,53)(H,62,63)(H,64,65)(H2,41,45,46)(H2,59,60,61). The zero-order chi connectivity index (χ0) is 56.1. The van der Waals surface area contributed by atoms with E-state index >= 15 is 0 Å². The monoisotopic (exact) mass is 1170 g/mol. The number of nitrogens with one attached hydrogen (secondary N) is 4. The van der Waals surface area contributed by atoms with E-state index in [1.54, 1.807) is 0 Å². The zero-order valence-electron chi connectivity index (χ0n) is 41.2. The number of fused-ring (bicyclic) bond motifs is 1. The van der Waals surface area contributed by atoms with Gasteiger partial charge < -0.3 is 72.4 Å². The number of aliphatic carboxylic acids is 1. The molecule has 31 nitrogen and oxygen atoms in total. The summed E-state index contributed by atoms with van der Waals surface area (Å²) in [6.45, 7) is 1.53. The number of aliphatic hydroxyl groups excluding tert-OH is 2. The SMILES string of the molecule is CCCCCCCCSCC(NC(=O)CCC(N)C(=O)SCCNC(=O)CCNC(=O)C(O)C(C)(C)COP(=O)(O)OP(=O)(O)OCC1OC(n2cnc3c(N)ncnc32)C(O)C1OP(=O)(O)O)C(=O)NCC(=O)O. The first kappa shape index (κ1) is 65.6. The highest BCUT2D eigenvalue weighted by Crippen LogP contribution is 2.61. The molecule has 1 aliphatic rings. The Morgan fingerprint density at radius 3 is 2.25 bits per heavy atom. The van der Waals surface area contributed by atoms with E-state index in [1.165, 1.54) is 32.0 Å². The van der Waals surface area contributed by atoms with Crippen LogP contribution < -0.4 is 32.7 Å². The molecular weight excluding hydrogens is 1100 g/mol. The summed E-state index contributed by atoms with van der Waals surface area (Å²) in [5, 5.41) is 39.8. The maximum atomic E-state index is 12.8. The molecule has 4 amide bonds. The van der Waals surface area contributed by atoms with Gasteiger partial charge in [-0.25, -0.2) is 28.6 Å². The van der Waals surface area contributed by atoms with E-state index in [0.29, 0.717) is 0 Å². The minimum Gasteiger partial charge on any atom is -0.480 e. The molecule has 0 aliphatic carbocycles. The zero-order valence-corrected chi connectivity index (χ0v) is 45.5. The summed E-state index contributed by atoms with van der Waals surface area (Å²) >= 11 is 2.26. The number of carbonyl (C=O) groups excluding carboxylic acids is 5. The summed E-state index contributed by atoms with van der Waals surface area (Å²) in [4.78, 5) is 125. The quantitative estimate of drug-likeness (QED) is 0.0304. The lowest BCUT2D eigenvalue weighted by Crippen LogP contribution is -2.49. The van der Waals surface area contributed by atoms with Gasteiger partial charge >= 0.3 is 29.4 Å². The number of hydrogen-bond acceptors (Lipinski definition) is 23. The summed E-state index contributed by atoms with van der Waals surface area (Å²) in [6.07, 6.45) is -1.00. The molecule has 0 bridgehead atoms. The number of carboxylic acid groups (broad SMARTS) is 1. The van der Waals surface area contributed by atoms with Crippen molar-refractivity contribution in [2.75, 3.05) is 55.8 Å². The number of nitrogens with zero attached hydrogens (tertiary/aromatic N) is 4. The average Bonchev–Trinajstić information content (AvgIpc) is 3.89. The molecule has 0 saturated carbocycles. The number of unbranched alkanes of at least 4 members (excludes halogenated alkanes) is 5. The maximum Gasteiger partial charge on any atom is 0.481 e. The van der Waals surface area contributed by atoms with Gasteiger partial charge in [0.2, 0.25) is 28.7 Å². The van der Waals surface area contributed by atoms with Gasteiger partial charge in [-0.15, -0.1) is 0 Å². The largest absolute Gasteiger partial charge is 0.481 e. The van der Waals surface area contributed by atoms with E-state index in [2.05, 4.69) is 52.0 Å². The van der Waals surface area contributed by atoms with Gasteiger partial charge in [-0.3, -0.25) is 46.9 Å². The molecule has 2 aromatic heterocycles. The van der Waals surface area contributed by atoms with E-state index in [-0.39, 0.29) is 60.8 Å². The number of ether oxygens (including phenoxy) is 1. The molecule has 3 rings (SSSR count). The third kappa shape index (κ3) is 23.4. The van der Waals surface area contributed by atoms with Crippen molar-refractivity contribution in [1.29, 1.82) is 0 Å². The van der Waals surface area contributed by atoms with Crippen LogP contribution in [0.1, 0.15) is 84.8 Å². The summed E-state index contributed by atoms with van der Waals surface area (Å²) in [6, 6.07) is -2.06. The summed E-state index contributed by atoms with van der Waals surface area (Å²) in [5.41, 5.74) is 10.1. The number of carboxylic acids is 1. The van der Waals surface area contributed by atoms with Crippen LogP contribution in [0.5, 0.6) is 0 Å². The lowest BCUT2D eigenvalue weighted by Gasteiger charge is -2.30. The number of amides is 4. The highest BCUT2D eigenvalue weighted by atomic mass is 32.2. The minimum atomic E-state index is -5.63. The third-order valence-corrected chi connectivity index (χ3v) is 16.0. The Morgan fingerprint density at radius 2 is 1.57 bits per heavy atom. The third-order valence-electron chi connectivity index (χ3n) is 10.7. The topological polar surface area (TPSA) is 485 Å². The number of thioether (sulfide) groups is 2. The fourth-order valence-corrected chi connectivity index (χ4v) is 11.3. The van der Waals surface area contributed by atoms with Gasteiger partial charge in [0.05, 0.1) is 25.6 Å². The van der Waals surface area contributed by atoms with Gasteiger partial charge in [0.25, 0.3) is 0 Å². The molecule has 1 fully saturated rings. The van der Waals surface area contributed by atoms with Crippen molar-refractivity contribution in [3.8, 4) is 0 Å². The Labute approximate surface area is 438 Å². The molecule has 0 radical (unpaired) electrons. The van der Waals surface area contributed by atoms with Crippen molar-refractivity contribution in [2.24, 2.45) is 11.1 Å². The highest BCUT2D eigenvalue weighted by Gasteiger charge is 2.50. The van der Waals surface area contributed by atoms with Crippen molar-refractivity contribution >= 4 is 98.7 Å². The van der Waals surface area contributed by atoms with Gasteiger partial charge in [-0.2, -0.15) is 16.1 Å². The van der Waals surface area contributed by atoms with Crippen molar-refractivity contribution in [1.82, 2.24) is 40.8 Å². The van der Waals surface area contributed by atoms with Crippen molar-refractivity contribution in [3.05, 3.63) is 12.7 Å². The molecule has 75 heavy (non-hydrogen) atoms. The average molecular weight is 1170 g/mol. The first-order chi connectivity index (χ1) is 35.1. The van der Waals surface area contributed by atoms with Crippen molar-refractivity contribution < 1.29 is 100.0 Å². The van der Waals surface area contributed by atoms with Gasteiger partial charge in [-0.1, -0.05) is 64.6 Å². The van der Waals surface area contributed by atoms with Crippen LogP contribution >= 0.6 is 47.0 Å². The lowest BCUT2D eigenvalue weighted by atomic mass is 9.87. The summed E-state index contributed by atoms with van der Waals surface area (Å²) in [7, 11) is -16.6. The van der Waals surface area contributed by atoms with Crippen LogP contribution in [0.15, 0.2) is 12.7 Å². The van der Waals surface area contributed by atoms with Crippen LogP contribution in [0.3, 0.4) is 0 Å². The second kappa shape index (κ2) is 31.0. The lowest BCUT2D eigenvalue weighted by molar-refractivity contribution is -0.138. The van der Waals surface area contributed by atoms with Gasteiger partial charge in [0, 0.05) is 42.9 Å². The molecule has 15 N–H and O–H groups in total. The number of imidazole rings is 1. The molecule has 2 aromatic rings.